The number of hydrogen-bond acceptors (Lipinski definition) is 4. The SMILES string of the molecule is Cc1ccn2c(=O)cc(COc3ccc(C(=O)c4ccc(Cl)cc4)cc3)nc2c1. The summed E-state index contributed by atoms with van der Waals surface area (Å²) < 4.78 is 7.24. The van der Waals surface area contributed by atoms with Crippen molar-refractivity contribution in [3.63, 3.8) is 0 Å². The third-order valence-electron chi connectivity index (χ3n) is 4.49. The lowest BCUT2D eigenvalue weighted by atomic mass is 10.0. The van der Waals surface area contributed by atoms with Crippen LogP contribution in [0.5, 0.6) is 5.75 Å². The van der Waals surface area contributed by atoms with Crippen LogP contribution in [0.2, 0.25) is 5.02 Å². The van der Waals surface area contributed by atoms with E-state index in [1.54, 1.807) is 54.7 Å². The Morgan fingerprint density at radius 2 is 1.66 bits per heavy atom. The van der Waals surface area contributed by atoms with Crippen LogP contribution in [-0.4, -0.2) is 15.2 Å². The molecule has 0 radical (unpaired) electrons. The fourth-order valence-electron chi connectivity index (χ4n) is 2.96. The number of aromatic nitrogens is 2. The normalized spacial score (nSPS) is 10.8. The highest BCUT2D eigenvalue weighted by Gasteiger charge is 2.09. The molecule has 0 amide bonds. The number of hydrogen-bond donors (Lipinski definition) is 0. The lowest BCUT2D eigenvalue weighted by Gasteiger charge is -2.08. The van der Waals surface area contributed by atoms with Crippen molar-refractivity contribution < 1.29 is 9.53 Å². The molecular formula is C23H17ClN2O3. The Balaban J connectivity index is 1.48. The molecule has 0 bridgehead atoms. The van der Waals surface area contributed by atoms with Gasteiger partial charge in [-0.3, -0.25) is 14.0 Å². The van der Waals surface area contributed by atoms with Crippen molar-refractivity contribution in [3.8, 4) is 5.75 Å². The molecule has 0 atom stereocenters. The van der Waals surface area contributed by atoms with E-state index in [4.69, 9.17) is 16.3 Å². The molecule has 4 rings (SSSR count). The van der Waals surface area contributed by atoms with Gasteiger partial charge in [-0.1, -0.05) is 11.6 Å². The number of carbonyl (C=O) groups is 1. The number of ketones is 1. The van der Waals surface area contributed by atoms with Crippen molar-refractivity contribution in [2.45, 2.75) is 13.5 Å². The highest BCUT2D eigenvalue weighted by Crippen LogP contribution is 2.18. The maximum absolute atomic E-state index is 12.5. The zero-order valence-corrected chi connectivity index (χ0v) is 16.4. The van der Waals surface area contributed by atoms with Gasteiger partial charge in [-0.2, -0.15) is 0 Å². The third kappa shape index (κ3) is 4.20. The molecule has 0 N–H and O–H groups in total. The minimum atomic E-state index is -0.155. The summed E-state index contributed by atoms with van der Waals surface area (Å²) >= 11 is 5.86. The summed E-state index contributed by atoms with van der Waals surface area (Å²) in [6.45, 7) is 2.10. The second kappa shape index (κ2) is 7.89. The van der Waals surface area contributed by atoms with Crippen LogP contribution in [0.25, 0.3) is 5.65 Å². The number of halogens is 1. The van der Waals surface area contributed by atoms with Crippen molar-refractivity contribution >= 4 is 23.0 Å². The first-order valence-corrected chi connectivity index (χ1v) is 9.39. The van der Waals surface area contributed by atoms with Gasteiger partial charge in [-0.25, -0.2) is 4.98 Å². The van der Waals surface area contributed by atoms with E-state index in [0.717, 1.165) is 5.56 Å². The molecule has 0 aliphatic carbocycles. The van der Waals surface area contributed by atoms with E-state index in [-0.39, 0.29) is 17.9 Å². The largest absolute Gasteiger partial charge is 0.487 e. The molecule has 4 aromatic rings. The molecule has 6 heteroatoms. The fraction of sp³-hybridized carbons (Fsp3) is 0.0870. The topological polar surface area (TPSA) is 60.7 Å². The maximum Gasteiger partial charge on any atom is 0.258 e. The van der Waals surface area contributed by atoms with Crippen LogP contribution >= 0.6 is 11.6 Å². The number of rotatable bonds is 5. The van der Waals surface area contributed by atoms with Crippen molar-refractivity contribution in [1.82, 2.24) is 9.38 Å². The first-order chi connectivity index (χ1) is 14.0. The van der Waals surface area contributed by atoms with Gasteiger partial charge in [0.1, 0.15) is 18.0 Å². The number of pyridine rings is 1. The monoisotopic (exact) mass is 404 g/mol. The summed E-state index contributed by atoms with van der Waals surface area (Å²) in [4.78, 5) is 29.2. The molecule has 5 nitrogen and oxygen atoms in total. The van der Waals surface area contributed by atoms with Crippen molar-refractivity contribution in [3.05, 3.63) is 111 Å². The summed E-state index contributed by atoms with van der Waals surface area (Å²) in [5.74, 6) is 0.497. The standard InChI is InChI=1S/C23H17ClN2O3/c1-15-10-11-26-21(12-15)25-19(13-22(26)27)14-29-20-8-4-17(5-9-20)23(28)16-2-6-18(24)7-3-16/h2-13H,14H2,1H3. The number of carbonyl (C=O) groups excluding carboxylic acids is 1. The first-order valence-electron chi connectivity index (χ1n) is 9.02. The Morgan fingerprint density at radius 3 is 2.34 bits per heavy atom. The molecule has 0 saturated heterocycles. The minimum absolute atomic E-state index is 0.0900. The van der Waals surface area contributed by atoms with Crippen LogP contribution in [0.1, 0.15) is 27.2 Å². The van der Waals surface area contributed by atoms with Gasteiger partial charge < -0.3 is 4.74 Å². The van der Waals surface area contributed by atoms with Crippen molar-refractivity contribution in [1.29, 1.82) is 0 Å². The first kappa shape index (κ1) is 18.9. The molecule has 29 heavy (non-hydrogen) atoms. The smallest absolute Gasteiger partial charge is 0.258 e. The van der Waals surface area contributed by atoms with Crippen LogP contribution in [0.4, 0.5) is 0 Å². The quantitative estimate of drug-likeness (QED) is 0.460. The predicted octanol–water partition coefficient (Wildman–Crippen LogP) is 4.47. The number of ether oxygens (including phenoxy) is 1. The Hall–Kier alpha value is -3.44. The van der Waals surface area contributed by atoms with E-state index >= 15 is 0 Å². The van der Waals surface area contributed by atoms with Crippen LogP contribution < -0.4 is 10.3 Å². The molecule has 2 aromatic carbocycles. The number of aryl methyl sites for hydroxylation is 1. The van der Waals surface area contributed by atoms with E-state index in [9.17, 15) is 9.59 Å². The lowest BCUT2D eigenvalue weighted by Crippen LogP contribution is -2.16. The van der Waals surface area contributed by atoms with Gasteiger partial charge in [0, 0.05) is 28.4 Å². The number of fused-ring (bicyclic) bond motifs is 1. The Kier molecular flexibility index (Phi) is 5.14. The van der Waals surface area contributed by atoms with E-state index in [1.165, 1.54) is 10.5 Å². The summed E-state index contributed by atoms with van der Waals surface area (Å²) in [5, 5.41) is 0.586. The molecule has 144 valence electrons. The molecule has 0 saturated carbocycles. The van der Waals surface area contributed by atoms with E-state index in [0.29, 0.717) is 33.2 Å². The number of benzene rings is 2. The Bertz CT molecular complexity index is 1250. The summed E-state index contributed by atoms with van der Waals surface area (Å²) in [6, 6.07) is 18.8. The second-order valence-electron chi connectivity index (χ2n) is 6.67. The van der Waals surface area contributed by atoms with Crippen LogP contribution in [0, 0.1) is 6.92 Å². The van der Waals surface area contributed by atoms with Gasteiger partial charge in [0.05, 0.1) is 5.69 Å². The number of nitrogens with zero attached hydrogens (tertiary/aromatic N) is 2. The Morgan fingerprint density at radius 1 is 1.00 bits per heavy atom. The second-order valence-corrected chi connectivity index (χ2v) is 7.10. The molecule has 0 spiro atoms. The molecule has 0 unspecified atom stereocenters. The average Bonchev–Trinajstić information content (AvgIpc) is 2.72. The van der Waals surface area contributed by atoms with E-state index < -0.39 is 0 Å². The van der Waals surface area contributed by atoms with Crippen molar-refractivity contribution in [2.24, 2.45) is 0 Å². The van der Waals surface area contributed by atoms with Crippen LogP contribution in [-0.2, 0) is 6.61 Å². The zero-order chi connectivity index (χ0) is 20.4. The van der Waals surface area contributed by atoms with Gasteiger partial charge in [0.2, 0.25) is 0 Å². The molecule has 0 aliphatic heterocycles. The van der Waals surface area contributed by atoms with E-state index in [1.807, 2.05) is 19.1 Å². The predicted molar refractivity (Wildman–Crippen MR) is 112 cm³/mol. The fourth-order valence-corrected chi connectivity index (χ4v) is 3.08. The van der Waals surface area contributed by atoms with Gasteiger partial charge in [0.15, 0.2) is 5.78 Å². The molecule has 2 aromatic heterocycles. The summed E-state index contributed by atoms with van der Waals surface area (Å²) in [6.07, 6.45) is 1.71. The van der Waals surface area contributed by atoms with Gasteiger partial charge in [-0.15, -0.1) is 0 Å². The molecule has 0 aliphatic rings. The highest BCUT2D eigenvalue weighted by atomic mass is 35.5. The third-order valence-corrected chi connectivity index (χ3v) is 4.74. The van der Waals surface area contributed by atoms with Crippen LogP contribution in [0.15, 0.2) is 77.7 Å². The summed E-state index contributed by atoms with van der Waals surface area (Å²) in [5.41, 5.74) is 3.12. The highest BCUT2D eigenvalue weighted by molar-refractivity contribution is 6.30. The van der Waals surface area contributed by atoms with Gasteiger partial charge in [0.25, 0.3) is 5.56 Å². The molecular weight excluding hydrogens is 388 g/mol. The Labute approximate surface area is 172 Å². The van der Waals surface area contributed by atoms with Gasteiger partial charge in [-0.05, 0) is 73.2 Å². The molecule has 0 fully saturated rings. The zero-order valence-electron chi connectivity index (χ0n) is 15.6. The average molecular weight is 405 g/mol. The summed E-state index contributed by atoms with van der Waals surface area (Å²) in [7, 11) is 0. The lowest BCUT2D eigenvalue weighted by molar-refractivity contribution is 0.103. The minimum Gasteiger partial charge on any atom is -0.487 e. The van der Waals surface area contributed by atoms with Crippen LogP contribution in [0.3, 0.4) is 0 Å². The van der Waals surface area contributed by atoms with E-state index in [2.05, 4.69) is 4.98 Å². The van der Waals surface area contributed by atoms with Crippen molar-refractivity contribution in [2.75, 3.05) is 0 Å². The van der Waals surface area contributed by atoms with Gasteiger partial charge >= 0.3 is 0 Å². The molecule has 2 heterocycles. The maximum atomic E-state index is 12.5.